The highest BCUT2D eigenvalue weighted by Gasteiger charge is 2.11. The van der Waals surface area contributed by atoms with Crippen LogP contribution in [0.15, 0.2) is 51.7 Å². The van der Waals surface area contributed by atoms with Crippen molar-refractivity contribution in [1.29, 1.82) is 0 Å². The summed E-state index contributed by atoms with van der Waals surface area (Å²) in [6.45, 7) is 0. The van der Waals surface area contributed by atoms with Crippen LogP contribution in [0.5, 0.6) is 0 Å². The van der Waals surface area contributed by atoms with E-state index in [2.05, 4.69) is 0 Å². The van der Waals surface area contributed by atoms with E-state index < -0.39 is 5.63 Å². The zero-order valence-corrected chi connectivity index (χ0v) is 11.7. The van der Waals surface area contributed by atoms with Crippen LogP contribution in [-0.4, -0.2) is 0 Å². The van der Waals surface area contributed by atoms with E-state index in [9.17, 15) is 4.79 Å². The Balaban J connectivity index is 2.28. The van der Waals surface area contributed by atoms with Gasteiger partial charge in [-0.2, -0.15) is 0 Å². The predicted molar refractivity (Wildman–Crippen MR) is 82.4 cm³/mol. The quantitative estimate of drug-likeness (QED) is 0.537. The molecule has 0 amide bonds. The molecule has 1 aromatic heterocycles. The van der Waals surface area contributed by atoms with Gasteiger partial charge in [-0.15, -0.1) is 0 Å². The molecule has 3 aromatic rings. The number of hydrogen-bond donors (Lipinski definition) is 1. The van der Waals surface area contributed by atoms with Gasteiger partial charge in [0.15, 0.2) is 0 Å². The maximum absolute atomic E-state index is 12.1. The molecule has 3 rings (SSSR count). The normalized spacial score (nSPS) is 10.9. The lowest BCUT2D eigenvalue weighted by Crippen LogP contribution is -2.03. The van der Waals surface area contributed by atoms with Crippen molar-refractivity contribution < 1.29 is 4.42 Å². The van der Waals surface area contributed by atoms with Gasteiger partial charge in [0.25, 0.3) is 0 Å². The number of fused-ring (bicyclic) bond motifs is 1. The molecule has 20 heavy (non-hydrogen) atoms. The summed E-state index contributed by atoms with van der Waals surface area (Å²) in [5, 5.41) is 1.69. The second kappa shape index (κ2) is 4.85. The molecule has 0 aliphatic rings. The Morgan fingerprint density at radius 2 is 1.75 bits per heavy atom. The molecule has 0 aliphatic heterocycles. The zero-order valence-electron chi connectivity index (χ0n) is 10.2. The van der Waals surface area contributed by atoms with Crippen molar-refractivity contribution >= 4 is 39.9 Å². The third kappa shape index (κ3) is 2.26. The summed E-state index contributed by atoms with van der Waals surface area (Å²) in [4.78, 5) is 12.1. The molecular weight excluding hydrogens is 297 g/mol. The number of nitrogen functional groups attached to an aromatic ring is 1. The minimum atomic E-state index is -0.465. The lowest BCUT2D eigenvalue weighted by molar-refractivity contribution is 0.563. The van der Waals surface area contributed by atoms with Crippen molar-refractivity contribution in [2.75, 3.05) is 5.73 Å². The first-order valence-electron chi connectivity index (χ1n) is 5.83. The van der Waals surface area contributed by atoms with Crippen molar-refractivity contribution in [3.63, 3.8) is 0 Å². The second-order valence-corrected chi connectivity index (χ2v) is 5.21. The van der Waals surface area contributed by atoms with E-state index in [0.717, 1.165) is 5.39 Å². The van der Waals surface area contributed by atoms with Gasteiger partial charge in [0.2, 0.25) is 0 Å². The van der Waals surface area contributed by atoms with Gasteiger partial charge in [-0.05, 0) is 30.3 Å². The third-order valence-electron chi connectivity index (χ3n) is 2.98. The molecule has 2 aromatic carbocycles. The predicted octanol–water partition coefficient (Wildman–Crippen LogP) is 4.35. The van der Waals surface area contributed by atoms with E-state index in [0.29, 0.717) is 32.4 Å². The van der Waals surface area contributed by atoms with Crippen LogP contribution in [-0.2, 0) is 0 Å². The van der Waals surface area contributed by atoms with Gasteiger partial charge in [0.05, 0.1) is 10.6 Å². The number of nitrogens with two attached hydrogens (primary N) is 1. The maximum Gasteiger partial charge on any atom is 0.344 e. The molecular formula is C15H9Cl2NO2. The third-order valence-corrected chi connectivity index (χ3v) is 3.53. The molecule has 3 nitrogen and oxygen atoms in total. The summed E-state index contributed by atoms with van der Waals surface area (Å²) in [7, 11) is 0. The van der Waals surface area contributed by atoms with Gasteiger partial charge in [-0.25, -0.2) is 4.79 Å². The molecule has 0 radical (unpaired) electrons. The standard InChI is InChI=1S/C15H9Cl2NO2/c16-9-2-4-11(13(17)6-9)12-5-8-1-3-10(18)7-14(8)20-15(12)19/h1-7H,18H2. The Kier molecular flexibility index (Phi) is 3.16. The lowest BCUT2D eigenvalue weighted by atomic mass is 10.1. The van der Waals surface area contributed by atoms with Crippen molar-refractivity contribution in [2.45, 2.75) is 0 Å². The summed E-state index contributed by atoms with van der Waals surface area (Å²) in [6, 6.07) is 11.8. The molecule has 100 valence electrons. The average molecular weight is 306 g/mol. The molecule has 1 heterocycles. The highest BCUT2D eigenvalue weighted by molar-refractivity contribution is 6.36. The first kappa shape index (κ1) is 13.0. The molecule has 0 atom stereocenters. The molecule has 2 N–H and O–H groups in total. The van der Waals surface area contributed by atoms with Crippen LogP contribution in [0.2, 0.25) is 10.0 Å². The van der Waals surface area contributed by atoms with Crippen LogP contribution in [0.1, 0.15) is 0 Å². The fraction of sp³-hybridized carbons (Fsp3) is 0. The van der Waals surface area contributed by atoms with Gasteiger partial charge in [0, 0.05) is 27.7 Å². The van der Waals surface area contributed by atoms with Gasteiger partial charge in [-0.1, -0.05) is 29.3 Å². The fourth-order valence-corrected chi connectivity index (χ4v) is 2.53. The summed E-state index contributed by atoms with van der Waals surface area (Å²) in [5.74, 6) is 0. The average Bonchev–Trinajstić information content (AvgIpc) is 2.38. The van der Waals surface area contributed by atoms with E-state index in [1.165, 1.54) is 0 Å². The molecule has 0 bridgehead atoms. The molecule has 0 spiro atoms. The molecule has 0 aliphatic carbocycles. The van der Waals surface area contributed by atoms with E-state index in [1.54, 1.807) is 42.5 Å². The van der Waals surface area contributed by atoms with E-state index in [1.807, 2.05) is 0 Å². The highest BCUT2D eigenvalue weighted by Crippen LogP contribution is 2.30. The van der Waals surface area contributed by atoms with E-state index in [-0.39, 0.29) is 0 Å². The number of benzene rings is 2. The fourth-order valence-electron chi connectivity index (χ4n) is 2.02. The lowest BCUT2D eigenvalue weighted by Gasteiger charge is -2.05. The van der Waals surface area contributed by atoms with Crippen LogP contribution in [0, 0.1) is 0 Å². The first-order valence-corrected chi connectivity index (χ1v) is 6.59. The Morgan fingerprint density at radius 3 is 2.50 bits per heavy atom. The molecule has 0 saturated heterocycles. The Labute approximate surface area is 124 Å². The van der Waals surface area contributed by atoms with Crippen LogP contribution in [0.3, 0.4) is 0 Å². The van der Waals surface area contributed by atoms with E-state index in [4.69, 9.17) is 33.4 Å². The molecule has 0 fully saturated rings. The first-order chi connectivity index (χ1) is 9.54. The van der Waals surface area contributed by atoms with Gasteiger partial charge < -0.3 is 10.2 Å². The maximum atomic E-state index is 12.1. The summed E-state index contributed by atoms with van der Waals surface area (Å²) < 4.78 is 5.29. The molecule has 0 unspecified atom stereocenters. The van der Waals surface area contributed by atoms with Gasteiger partial charge in [0.1, 0.15) is 5.58 Å². The molecule has 0 saturated carbocycles. The van der Waals surface area contributed by atoms with E-state index >= 15 is 0 Å². The van der Waals surface area contributed by atoms with Crippen LogP contribution in [0.25, 0.3) is 22.1 Å². The number of rotatable bonds is 1. The second-order valence-electron chi connectivity index (χ2n) is 4.37. The topological polar surface area (TPSA) is 56.2 Å². The number of hydrogen-bond acceptors (Lipinski definition) is 3. The Bertz CT molecular complexity index is 871. The zero-order chi connectivity index (χ0) is 14.3. The summed E-state index contributed by atoms with van der Waals surface area (Å²) in [6.07, 6.45) is 0. The smallest absolute Gasteiger partial charge is 0.344 e. The van der Waals surface area contributed by atoms with Gasteiger partial charge >= 0.3 is 5.63 Å². The van der Waals surface area contributed by atoms with Gasteiger partial charge in [-0.3, -0.25) is 0 Å². The SMILES string of the molecule is Nc1ccc2cc(-c3ccc(Cl)cc3Cl)c(=O)oc2c1. The van der Waals surface area contributed by atoms with Crippen LogP contribution in [0.4, 0.5) is 5.69 Å². The van der Waals surface area contributed by atoms with Crippen molar-refractivity contribution in [3.8, 4) is 11.1 Å². The minimum Gasteiger partial charge on any atom is -0.422 e. The summed E-state index contributed by atoms with van der Waals surface area (Å²) in [5.41, 5.74) is 7.17. The Morgan fingerprint density at radius 1 is 0.950 bits per heavy atom. The van der Waals surface area contributed by atoms with Crippen LogP contribution >= 0.6 is 23.2 Å². The molecule has 5 heteroatoms. The van der Waals surface area contributed by atoms with Crippen molar-refractivity contribution in [3.05, 3.63) is 62.9 Å². The Hall–Kier alpha value is -1.97. The highest BCUT2D eigenvalue weighted by atomic mass is 35.5. The minimum absolute atomic E-state index is 0.393. The monoisotopic (exact) mass is 305 g/mol. The number of anilines is 1. The largest absolute Gasteiger partial charge is 0.422 e. The summed E-state index contributed by atoms with van der Waals surface area (Å²) >= 11 is 12.0. The van der Waals surface area contributed by atoms with Crippen LogP contribution < -0.4 is 11.4 Å². The van der Waals surface area contributed by atoms with Crippen molar-refractivity contribution in [1.82, 2.24) is 0 Å². The van der Waals surface area contributed by atoms with Crippen molar-refractivity contribution in [2.24, 2.45) is 0 Å². The number of halogens is 2.